The minimum atomic E-state index is -0.00524. The maximum absolute atomic E-state index is 6.40. The molecule has 0 amide bonds. The van der Waals surface area contributed by atoms with E-state index in [1.165, 1.54) is 46.3 Å². The van der Waals surface area contributed by atoms with Gasteiger partial charge >= 0.3 is 0 Å². The van der Waals surface area contributed by atoms with Gasteiger partial charge < -0.3 is 4.74 Å². The minimum absolute atomic E-state index is 0.00393. The molecule has 0 aromatic carbocycles. The Kier molecular flexibility index (Phi) is 13.8. The standard InChI is InChI=1S/C40H56O/c1-31(2)17-13-20-34(5)23-15-25-35(6)24-14-21-32(3)18-11-12-19-33(4)22-16-26-36(7)27-28-38-37-29-30-40(38,10)41-39(37,8)9/h11-12,14-19,21-28,37-38H,13,20,29-30H2,1-10H3/b12-11+,21-14+,22-16+,25-15+,28-27+,32-18+,33-19+,34-23+,35-24+,36-26+/t37-,38+,40+/m1/s1. The fourth-order valence-corrected chi connectivity index (χ4v) is 5.76. The van der Waals surface area contributed by atoms with Crippen molar-refractivity contribution >= 4 is 0 Å². The van der Waals surface area contributed by atoms with E-state index in [4.69, 9.17) is 4.74 Å². The molecule has 2 bridgehead atoms. The molecule has 1 heterocycles. The second kappa shape index (κ2) is 16.5. The van der Waals surface area contributed by atoms with Gasteiger partial charge in [-0.05, 0) is 101 Å². The second-order valence-electron chi connectivity index (χ2n) is 13.0. The normalized spacial score (nSPS) is 26.2. The fourth-order valence-electron chi connectivity index (χ4n) is 5.76. The molecule has 222 valence electrons. The number of allylic oxidation sites excluding steroid dienone is 21. The van der Waals surface area contributed by atoms with Crippen LogP contribution in [0.15, 0.2) is 131 Å². The summed E-state index contributed by atoms with van der Waals surface area (Å²) in [5.41, 5.74) is 7.74. The summed E-state index contributed by atoms with van der Waals surface area (Å²) in [6.07, 6.45) is 39.5. The van der Waals surface area contributed by atoms with E-state index in [0.29, 0.717) is 11.8 Å². The van der Waals surface area contributed by atoms with Crippen LogP contribution in [0.5, 0.6) is 0 Å². The van der Waals surface area contributed by atoms with Crippen molar-refractivity contribution in [3.63, 3.8) is 0 Å². The van der Waals surface area contributed by atoms with Crippen molar-refractivity contribution < 1.29 is 4.74 Å². The SMILES string of the molecule is CC(C)=CCC/C(C)=C/C=C/C(C)=C/C=C/C(C)=C/C=C/C=C(C)/C=C/C=C(C)/C=C/[C@H]1[C@H]2CC[C@]1(C)OC2(C)C. The van der Waals surface area contributed by atoms with Crippen LogP contribution in [0.25, 0.3) is 0 Å². The molecule has 2 aliphatic rings. The van der Waals surface area contributed by atoms with E-state index in [9.17, 15) is 0 Å². The van der Waals surface area contributed by atoms with E-state index in [1.807, 2.05) is 0 Å². The van der Waals surface area contributed by atoms with E-state index < -0.39 is 0 Å². The number of ether oxygens (including phenoxy) is 1. The molecule has 1 saturated carbocycles. The van der Waals surface area contributed by atoms with Crippen LogP contribution in [0.3, 0.4) is 0 Å². The highest BCUT2D eigenvalue weighted by Crippen LogP contribution is 2.57. The Bertz CT molecular complexity index is 1210. The zero-order valence-electron chi connectivity index (χ0n) is 27.6. The van der Waals surface area contributed by atoms with Crippen molar-refractivity contribution in [3.8, 4) is 0 Å². The minimum Gasteiger partial charge on any atom is -0.368 e. The number of hydrogen-bond donors (Lipinski definition) is 0. The highest BCUT2D eigenvalue weighted by Gasteiger charge is 2.59. The van der Waals surface area contributed by atoms with Gasteiger partial charge in [-0.25, -0.2) is 0 Å². The van der Waals surface area contributed by atoms with Crippen LogP contribution in [-0.4, -0.2) is 11.2 Å². The first-order chi connectivity index (χ1) is 19.3. The molecule has 1 aliphatic heterocycles. The van der Waals surface area contributed by atoms with Gasteiger partial charge in [0, 0.05) is 5.92 Å². The summed E-state index contributed by atoms with van der Waals surface area (Å²) in [4.78, 5) is 0. The van der Waals surface area contributed by atoms with Crippen LogP contribution >= 0.6 is 0 Å². The van der Waals surface area contributed by atoms with Gasteiger partial charge in [0.05, 0.1) is 11.2 Å². The summed E-state index contributed by atoms with van der Waals surface area (Å²) in [5.74, 6) is 1.14. The molecule has 1 saturated heterocycles. The summed E-state index contributed by atoms with van der Waals surface area (Å²) in [7, 11) is 0. The number of hydrogen-bond acceptors (Lipinski definition) is 1. The zero-order valence-corrected chi connectivity index (χ0v) is 27.6. The van der Waals surface area contributed by atoms with Crippen molar-refractivity contribution in [2.75, 3.05) is 0 Å². The maximum Gasteiger partial charge on any atom is 0.0728 e. The Morgan fingerprint density at radius 2 is 1.15 bits per heavy atom. The van der Waals surface area contributed by atoms with Crippen LogP contribution in [0, 0.1) is 11.8 Å². The van der Waals surface area contributed by atoms with Gasteiger partial charge in [0.15, 0.2) is 0 Å². The fraction of sp³-hybridized carbons (Fsp3) is 0.450. The molecule has 0 spiro atoms. The van der Waals surface area contributed by atoms with Gasteiger partial charge in [-0.15, -0.1) is 0 Å². The van der Waals surface area contributed by atoms with Gasteiger partial charge in [0.1, 0.15) is 0 Å². The molecule has 0 unspecified atom stereocenters. The summed E-state index contributed by atoms with van der Waals surface area (Å²) in [6.45, 7) is 21.9. The molecule has 0 aromatic heterocycles. The summed E-state index contributed by atoms with van der Waals surface area (Å²) in [5, 5.41) is 0. The average molecular weight is 553 g/mol. The Balaban J connectivity index is 1.80. The smallest absolute Gasteiger partial charge is 0.0728 e. The Hall–Kier alpha value is -2.90. The van der Waals surface area contributed by atoms with Gasteiger partial charge in [-0.3, -0.25) is 0 Å². The molecule has 0 radical (unpaired) electrons. The van der Waals surface area contributed by atoms with Crippen LogP contribution < -0.4 is 0 Å². The predicted octanol–water partition coefficient (Wildman–Crippen LogP) is 11.8. The molecule has 41 heavy (non-hydrogen) atoms. The summed E-state index contributed by atoms with van der Waals surface area (Å²) >= 11 is 0. The number of rotatable bonds is 13. The van der Waals surface area contributed by atoms with E-state index >= 15 is 0 Å². The lowest BCUT2D eigenvalue weighted by Gasteiger charge is -2.33. The van der Waals surface area contributed by atoms with E-state index in [0.717, 1.165) is 12.8 Å². The molecule has 1 aliphatic carbocycles. The molecule has 0 aromatic rings. The van der Waals surface area contributed by atoms with Crippen LogP contribution in [-0.2, 0) is 4.74 Å². The van der Waals surface area contributed by atoms with E-state index in [1.54, 1.807) is 0 Å². The summed E-state index contributed by atoms with van der Waals surface area (Å²) in [6, 6.07) is 0. The molecule has 2 fully saturated rings. The first kappa shape index (κ1) is 34.3. The van der Waals surface area contributed by atoms with Gasteiger partial charge in [0.2, 0.25) is 0 Å². The molecule has 0 N–H and O–H groups in total. The third-order valence-electron chi connectivity index (χ3n) is 8.14. The highest BCUT2D eigenvalue weighted by molar-refractivity contribution is 5.32. The molecule has 3 atom stereocenters. The van der Waals surface area contributed by atoms with Gasteiger partial charge in [-0.2, -0.15) is 0 Å². The first-order valence-electron chi connectivity index (χ1n) is 15.4. The average Bonchev–Trinajstić information content (AvgIpc) is 3.30. The zero-order chi connectivity index (χ0) is 30.5. The van der Waals surface area contributed by atoms with E-state index in [-0.39, 0.29) is 11.2 Å². The lowest BCUT2D eigenvalue weighted by atomic mass is 9.82. The molecule has 1 heteroatoms. The lowest BCUT2D eigenvalue weighted by Crippen LogP contribution is -2.35. The Morgan fingerprint density at radius 3 is 1.61 bits per heavy atom. The maximum atomic E-state index is 6.40. The van der Waals surface area contributed by atoms with E-state index in [2.05, 4.69) is 166 Å². The highest BCUT2D eigenvalue weighted by atomic mass is 16.5. The molecule has 2 rings (SSSR count). The van der Waals surface area contributed by atoms with Crippen LogP contribution in [0.1, 0.15) is 94.9 Å². The predicted molar refractivity (Wildman–Crippen MR) is 183 cm³/mol. The Labute approximate surface area is 252 Å². The molecular weight excluding hydrogens is 496 g/mol. The third-order valence-corrected chi connectivity index (χ3v) is 8.14. The second-order valence-corrected chi connectivity index (χ2v) is 13.0. The molecular formula is C40H56O. The van der Waals surface area contributed by atoms with Crippen molar-refractivity contribution in [1.29, 1.82) is 0 Å². The van der Waals surface area contributed by atoms with Gasteiger partial charge in [0.25, 0.3) is 0 Å². The van der Waals surface area contributed by atoms with Crippen LogP contribution in [0.4, 0.5) is 0 Å². The number of fused-ring (bicyclic) bond motifs is 2. The van der Waals surface area contributed by atoms with Crippen molar-refractivity contribution in [3.05, 3.63) is 131 Å². The van der Waals surface area contributed by atoms with Crippen LogP contribution in [0.2, 0.25) is 0 Å². The summed E-state index contributed by atoms with van der Waals surface area (Å²) < 4.78 is 6.40. The first-order valence-corrected chi connectivity index (χ1v) is 15.4. The monoisotopic (exact) mass is 552 g/mol. The van der Waals surface area contributed by atoms with Crippen molar-refractivity contribution in [2.45, 2.75) is 106 Å². The third kappa shape index (κ3) is 12.2. The quantitative estimate of drug-likeness (QED) is 0.163. The Morgan fingerprint density at radius 1 is 0.659 bits per heavy atom. The van der Waals surface area contributed by atoms with Crippen molar-refractivity contribution in [2.24, 2.45) is 11.8 Å². The van der Waals surface area contributed by atoms with Gasteiger partial charge in [-0.1, -0.05) is 131 Å². The largest absolute Gasteiger partial charge is 0.368 e. The topological polar surface area (TPSA) is 9.23 Å². The van der Waals surface area contributed by atoms with Crippen molar-refractivity contribution in [1.82, 2.24) is 0 Å². The molecule has 1 nitrogen and oxygen atoms in total. The lowest BCUT2D eigenvalue weighted by molar-refractivity contribution is -0.113.